The quantitative estimate of drug-likeness (QED) is 0.868. The average Bonchev–Trinajstić information content (AvgIpc) is 2.61. The van der Waals surface area contributed by atoms with Gasteiger partial charge in [-0.3, -0.25) is 9.59 Å². The number of carboxylic acid groups (broad SMARTS) is 1. The van der Waals surface area contributed by atoms with Crippen molar-refractivity contribution in [2.24, 2.45) is 0 Å². The molecule has 0 fully saturated rings. The molecule has 17 heavy (non-hydrogen) atoms. The first-order chi connectivity index (χ1) is 7.82. The molecule has 6 heteroatoms. The normalized spacial score (nSPS) is 11.2. The second-order valence-electron chi connectivity index (χ2n) is 4.33. The number of carboxylic acids is 1. The Hall–Kier alpha value is -1.07. The van der Waals surface area contributed by atoms with Crippen LogP contribution in [-0.4, -0.2) is 22.5 Å². The van der Waals surface area contributed by atoms with Crippen molar-refractivity contribution in [3.8, 4) is 0 Å². The smallest absolute Gasteiger partial charge is 0.303 e. The van der Waals surface area contributed by atoms with E-state index in [1.807, 2.05) is 0 Å². The number of amides is 1. The van der Waals surface area contributed by atoms with Crippen LogP contribution in [0, 0.1) is 0 Å². The summed E-state index contributed by atoms with van der Waals surface area (Å²) < 4.78 is 0. The second-order valence-corrected chi connectivity index (χ2v) is 5.65. The van der Waals surface area contributed by atoms with Crippen molar-refractivity contribution in [3.63, 3.8) is 0 Å². The van der Waals surface area contributed by atoms with Crippen molar-refractivity contribution in [1.29, 1.82) is 0 Å². The molecule has 1 amide bonds. The van der Waals surface area contributed by atoms with Gasteiger partial charge in [0.1, 0.15) is 4.88 Å². The van der Waals surface area contributed by atoms with Crippen LogP contribution >= 0.6 is 22.9 Å². The first-order valence-electron chi connectivity index (χ1n) is 5.09. The molecular formula is C11H14ClNO3S. The molecule has 0 aromatic carbocycles. The Labute approximate surface area is 109 Å². The van der Waals surface area contributed by atoms with Crippen LogP contribution in [0.1, 0.15) is 36.4 Å². The summed E-state index contributed by atoms with van der Waals surface area (Å²) in [6.07, 6.45) is 0.391. The van der Waals surface area contributed by atoms with Crippen LogP contribution in [0.3, 0.4) is 0 Å². The van der Waals surface area contributed by atoms with Gasteiger partial charge in [-0.1, -0.05) is 11.6 Å². The van der Waals surface area contributed by atoms with E-state index in [0.29, 0.717) is 16.3 Å². The van der Waals surface area contributed by atoms with Gasteiger partial charge in [-0.15, -0.1) is 11.3 Å². The van der Waals surface area contributed by atoms with Gasteiger partial charge in [0.2, 0.25) is 0 Å². The van der Waals surface area contributed by atoms with E-state index in [1.165, 1.54) is 11.3 Å². The minimum absolute atomic E-state index is 0.0193. The van der Waals surface area contributed by atoms with Gasteiger partial charge in [-0.25, -0.2) is 0 Å². The van der Waals surface area contributed by atoms with Crippen LogP contribution in [0.15, 0.2) is 11.4 Å². The first-order valence-corrected chi connectivity index (χ1v) is 6.35. The molecule has 0 aliphatic carbocycles. The van der Waals surface area contributed by atoms with Crippen LogP contribution in [0.4, 0.5) is 0 Å². The van der Waals surface area contributed by atoms with Gasteiger partial charge in [-0.2, -0.15) is 0 Å². The predicted octanol–water partition coefficient (Wildman–Crippen LogP) is 2.77. The molecule has 0 aliphatic heterocycles. The van der Waals surface area contributed by atoms with Crippen molar-refractivity contribution in [1.82, 2.24) is 5.32 Å². The molecular weight excluding hydrogens is 262 g/mol. The van der Waals surface area contributed by atoms with Crippen molar-refractivity contribution in [2.75, 3.05) is 0 Å². The van der Waals surface area contributed by atoms with E-state index in [9.17, 15) is 9.59 Å². The number of rotatable bonds is 5. The van der Waals surface area contributed by atoms with Gasteiger partial charge < -0.3 is 10.4 Å². The maximum Gasteiger partial charge on any atom is 0.303 e. The van der Waals surface area contributed by atoms with Gasteiger partial charge >= 0.3 is 5.97 Å². The van der Waals surface area contributed by atoms with Gasteiger partial charge in [0.05, 0.1) is 5.02 Å². The number of hydrogen-bond acceptors (Lipinski definition) is 3. The lowest BCUT2D eigenvalue weighted by Crippen LogP contribution is -2.43. The maximum atomic E-state index is 11.9. The van der Waals surface area contributed by atoms with Crippen LogP contribution in [0.5, 0.6) is 0 Å². The topological polar surface area (TPSA) is 66.4 Å². The second kappa shape index (κ2) is 5.51. The van der Waals surface area contributed by atoms with Crippen molar-refractivity contribution >= 4 is 34.8 Å². The summed E-state index contributed by atoms with van der Waals surface area (Å²) in [5.41, 5.74) is -0.567. The van der Waals surface area contributed by atoms with E-state index < -0.39 is 11.5 Å². The Morgan fingerprint density at radius 3 is 2.65 bits per heavy atom. The largest absolute Gasteiger partial charge is 0.481 e. The fourth-order valence-electron chi connectivity index (χ4n) is 1.30. The zero-order valence-corrected chi connectivity index (χ0v) is 11.2. The maximum absolute atomic E-state index is 11.9. The summed E-state index contributed by atoms with van der Waals surface area (Å²) in [4.78, 5) is 22.8. The third-order valence-electron chi connectivity index (χ3n) is 2.24. The highest BCUT2D eigenvalue weighted by atomic mass is 35.5. The molecule has 0 radical (unpaired) electrons. The molecule has 0 unspecified atom stereocenters. The lowest BCUT2D eigenvalue weighted by molar-refractivity contribution is -0.137. The molecule has 0 aliphatic rings. The Morgan fingerprint density at radius 1 is 1.53 bits per heavy atom. The minimum Gasteiger partial charge on any atom is -0.481 e. The first kappa shape index (κ1) is 14.0. The lowest BCUT2D eigenvalue weighted by Gasteiger charge is -2.25. The molecule has 1 aromatic heterocycles. The molecule has 0 bridgehead atoms. The number of aliphatic carboxylic acids is 1. The molecule has 1 rings (SSSR count). The van der Waals surface area contributed by atoms with Crippen LogP contribution in [0.2, 0.25) is 5.02 Å². The third-order valence-corrected chi connectivity index (χ3v) is 3.58. The van der Waals surface area contributed by atoms with E-state index in [1.54, 1.807) is 25.3 Å². The Bertz CT molecular complexity index is 428. The third kappa shape index (κ3) is 4.36. The molecule has 4 nitrogen and oxygen atoms in total. The van der Waals surface area contributed by atoms with Crippen molar-refractivity contribution < 1.29 is 14.7 Å². The summed E-state index contributed by atoms with van der Waals surface area (Å²) in [7, 11) is 0. The molecule has 0 atom stereocenters. The SMILES string of the molecule is CC(C)(CCC(=O)O)NC(=O)c1sccc1Cl. The molecule has 0 saturated carbocycles. The molecule has 1 aromatic rings. The number of hydrogen-bond donors (Lipinski definition) is 2. The Balaban J connectivity index is 2.61. The summed E-state index contributed by atoms with van der Waals surface area (Å²) in [5, 5.41) is 13.5. The fourth-order valence-corrected chi connectivity index (χ4v) is 2.34. The van der Waals surface area contributed by atoms with Crippen LogP contribution in [0.25, 0.3) is 0 Å². The van der Waals surface area contributed by atoms with Crippen molar-refractivity contribution in [2.45, 2.75) is 32.2 Å². The standard InChI is InChI=1S/C11H14ClNO3S/c1-11(2,5-3-8(14)15)13-10(16)9-7(12)4-6-17-9/h4,6H,3,5H2,1-2H3,(H,13,16)(H,14,15). The van der Waals surface area contributed by atoms with Gasteiger partial charge in [0, 0.05) is 12.0 Å². The molecule has 2 N–H and O–H groups in total. The zero-order chi connectivity index (χ0) is 13.1. The van der Waals surface area contributed by atoms with E-state index in [4.69, 9.17) is 16.7 Å². The molecule has 94 valence electrons. The monoisotopic (exact) mass is 275 g/mol. The van der Waals surface area contributed by atoms with Crippen molar-refractivity contribution in [3.05, 3.63) is 21.3 Å². The van der Waals surface area contributed by atoms with E-state index >= 15 is 0 Å². The molecule has 1 heterocycles. The highest BCUT2D eigenvalue weighted by molar-refractivity contribution is 7.12. The number of nitrogens with one attached hydrogen (secondary N) is 1. The summed E-state index contributed by atoms with van der Waals surface area (Å²) >= 11 is 7.11. The Kier molecular flexibility index (Phi) is 4.54. The highest BCUT2D eigenvalue weighted by Gasteiger charge is 2.23. The van der Waals surface area contributed by atoms with E-state index in [-0.39, 0.29) is 12.3 Å². The minimum atomic E-state index is -0.874. The molecule has 0 saturated heterocycles. The fraction of sp³-hybridized carbons (Fsp3) is 0.455. The van der Waals surface area contributed by atoms with Gasteiger partial charge in [0.15, 0.2) is 0 Å². The summed E-state index contributed by atoms with van der Waals surface area (Å²) in [6, 6.07) is 1.66. The van der Waals surface area contributed by atoms with Gasteiger partial charge in [-0.05, 0) is 31.7 Å². The zero-order valence-electron chi connectivity index (χ0n) is 9.62. The highest BCUT2D eigenvalue weighted by Crippen LogP contribution is 2.23. The van der Waals surface area contributed by atoms with Crippen LogP contribution < -0.4 is 5.32 Å². The summed E-state index contributed by atoms with van der Waals surface area (Å²) in [5.74, 6) is -1.14. The average molecular weight is 276 g/mol. The van der Waals surface area contributed by atoms with E-state index in [2.05, 4.69) is 5.32 Å². The predicted molar refractivity (Wildman–Crippen MR) is 67.7 cm³/mol. The summed E-state index contributed by atoms with van der Waals surface area (Å²) in [6.45, 7) is 3.57. The lowest BCUT2D eigenvalue weighted by atomic mass is 9.98. The van der Waals surface area contributed by atoms with Crippen LogP contribution in [-0.2, 0) is 4.79 Å². The number of thiophene rings is 1. The number of halogens is 1. The number of carbonyl (C=O) groups excluding carboxylic acids is 1. The number of carbonyl (C=O) groups is 2. The molecule has 0 spiro atoms. The Morgan fingerprint density at radius 2 is 2.18 bits per heavy atom. The van der Waals surface area contributed by atoms with E-state index in [0.717, 1.165) is 0 Å². The van der Waals surface area contributed by atoms with Gasteiger partial charge in [0.25, 0.3) is 5.91 Å².